The Morgan fingerprint density at radius 3 is 2.54 bits per heavy atom. The smallest absolute Gasteiger partial charge is 0.338 e. The van der Waals surface area contributed by atoms with Crippen molar-refractivity contribution >= 4 is 17.6 Å². The molecule has 0 aliphatic rings. The third kappa shape index (κ3) is 5.12. The molecule has 5 nitrogen and oxygen atoms in total. The Kier molecular flexibility index (Phi) is 6.37. The summed E-state index contributed by atoms with van der Waals surface area (Å²) < 4.78 is 4.95. The van der Waals surface area contributed by atoms with E-state index in [9.17, 15) is 4.79 Å². The maximum Gasteiger partial charge on any atom is 0.338 e. The molecule has 0 saturated carbocycles. The van der Waals surface area contributed by atoms with Crippen LogP contribution < -0.4 is 11.1 Å². The van der Waals surface area contributed by atoms with Crippen molar-refractivity contribution in [3.05, 3.63) is 65.2 Å². The van der Waals surface area contributed by atoms with Crippen LogP contribution >= 0.6 is 0 Å². The number of guanidine groups is 1. The van der Waals surface area contributed by atoms with Crippen LogP contribution in [0.1, 0.15) is 35.3 Å². The topological polar surface area (TPSA) is 76.7 Å². The molecule has 0 aromatic heterocycles. The van der Waals surface area contributed by atoms with Crippen LogP contribution in [-0.2, 0) is 17.7 Å². The number of nitrogens with zero attached hydrogens (tertiary/aromatic N) is 1. The highest BCUT2D eigenvalue weighted by Gasteiger charge is 2.05. The van der Waals surface area contributed by atoms with Crippen molar-refractivity contribution in [2.75, 3.05) is 11.9 Å². The van der Waals surface area contributed by atoms with E-state index in [2.05, 4.69) is 29.4 Å². The van der Waals surface area contributed by atoms with E-state index in [-0.39, 0.29) is 5.97 Å². The van der Waals surface area contributed by atoms with Crippen LogP contribution in [0.15, 0.2) is 53.5 Å². The van der Waals surface area contributed by atoms with Gasteiger partial charge in [-0.05, 0) is 48.7 Å². The van der Waals surface area contributed by atoms with Crippen molar-refractivity contribution in [1.82, 2.24) is 0 Å². The molecule has 24 heavy (non-hydrogen) atoms. The number of nitrogens with two attached hydrogens (primary N) is 1. The van der Waals surface area contributed by atoms with E-state index in [1.54, 1.807) is 19.1 Å². The lowest BCUT2D eigenvalue weighted by atomic mass is 10.1. The highest BCUT2D eigenvalue weighted by atomic mass is 16.5. The fourth-order valence-electron chi connectivity index (χ4n) is 2.19. The molecule has 0 atom stereocenters. The van der Waals surface area contributed by atoms with Crippen LogP contribution in [0.4, 0.5) is 5.69 Å². The van der Waals surface area contributed by atoms with Gasteiger partial charge in [-0.15, -0.1) is 0 Å². The maximum absolute atomic E-state index is 11.6. The maximum atomic E-state index is 11.6. The zero-order valence-corrected chi connectivity index (χ0v) is 14.1. The Labute approximate surface area is 142 Å². The van der Waals surface area contributed by atoms with Crippen molar-refractivity contribution < 1.29 is 9.53 Å². The fraction of sp³-hybridized carbons (Fsp3) is 0.263. The highest BCUT2D eigenvalue weighted by Crippen LogP contribution is 2.11. The van der Waals surface area contributed by atoms with Gasteiger partial charge in [-0.3, -0.25) is 0 Å². The lowest BCUT2D eigenvalue weighted by molar-refractivity contribution is 0.0526. The minimum atomic E-state index is -0.315. The minimum Gasteiger partial charge on any atom is -0.462 e. The summed E-state index contributed by atoms with van der Waals surface area (Å²) in [7, 11) is 0. The Morgan fingerprint density at radius 1 is 1.12 bits per heavy atom. The zero-order chi connectivity index (χ0) is 17.4. The molecule has 0 radical (unpaired) electrons. The summed E-state index contributed by atoms with van der Waals surface area (Å²) in [5, 5.41) is 3.09. The van der Waals surface area contributed by atoms with Gasteiger partial charge in [0.15, 0.2) is 5.96 Å². The number of aliphatic imine (C=N–C) groups is 1. The summed E-state index contributed by atoms with van der Waals surface area (Å²) in [6.07, 6.45) is 0.972. The molecule has 0 unspecified atom stereocenters. The molecule has 0 aliphatic heterocycles. The largest absolute Gasteiger partial charge is 0.462 e. The molecule has 0 heterocycles. The van der Waals surface area contributed by atoms with E-state index in [1.165, 1.54) is 5.56 Å². The number of carbonyl (C=O) groups is 1. The SMILES string of the molecule is CCOC(=O)c1ccc(CN=C(N)Nc2cccc(CC)c2)cc1. The summed E-state index contributed by atoms with van der Waals surface area (Å²) in [5.74, 6) is 0.0438. The molecule has 0 amide bonds. The number of rotatable bonds is 6. The van der Waals surface area contributed by atoms with Gasteiger partial charge in [0.25, 0.3) is 0 Å². The fourth-order valence-corrected chi connectivity index (χ4v) is 2.19. The Morgan fingerprint density at radius 2 is 1.88 bits per heavy atom. The van der Waals surface area contributed by atoms with E-state index in [1.807, 2.05) is 24.3 Å². The van der Waals surface area contributed by atoms with Crippen molar-refractivity contribution in [2.45, 2.75) is 26.8 Å². The van der Waals surface area contributed by atoms with Crippen LogP contribution in [0, 0.1) is 0 Å². The quantitative estimate of drug-likeness (QED) is 0.485. The first kappa shape index (κ1) is 17.5. The van der Waals surface area contributed by atoms with Crippen molar-refractivity contribution in [3.63, 3.8) is 0 Å². The normalized spacial score (nSPS) is 11.2. The van der Waals surface area contributed by atoms with Gasteiger partial charge in [-0.1, -0.05) is 31.2 Å². The van der Waals surface area contributed by atoms with E-state index in [0.717, 1.165) is 17.7 Å². The predicted molar refractivity (Wildman–Crippen MR) is 97.2 cm³/mol. The van der Waals surface area contributed by atoms with Crippen LogP contribution in [0.5, 0.6) is 0 Å². The van der Waals surface area contributed by atoms with Gasteiger partial charge in [-0.2, -0.15) is 0 Å². The molecule has 0 spiro atoms. The highest BCUT2D eigenvalue weighted by molar-refractivity contribution is 5.92. The molecule has 126 valence electrons. The summed E-state index contributed by atoms with van der Waals surface area (Å²) >= 11 is 0. The first-order valence-electron chi connectivity index (χ1n) is 8.04. The molecule has 0 saturated heterocycles. The second kappa shape index (κ2) is 8.72. The van der Waals surface area contributed by atoms with Gasteiger partial charge in [0.1, 0.15) is 0 Å². The number of anilines is 1. The Bertz CT molecular complexity index is 709. The molecule has 3 N–H and O–H groups in total. The lowest BCUT2D eigenvalue weighted by Crippen LogP contribution is -2.22. The second-order valence-electron chi connectivity index (χ2n) is 5.30. The molecular weight excluding hydrogens is 302 g/mol. The number of ether oxygens (including phenoxy) is 1. The Balaban J connectivity index is 1.95. The summed E-state index contributed by atoms with van der Waals surface area (Å²) in [4.78, 5) is 15.9. The van der Waals surface area contributed by atoms with E-state index in [0.29, 0.717) is 24.7 Å². The van der Waals surface area contributed by atoms with Crippen molar-refractivity contribution in [3.8, 4) is 0 Å². The zero-order valence-electron chi connectivity index (χ0n) is 14.1. The molecule has 0 fully saturated rings. The number of benzene rings is 2. The number of hydrogen-bond acceptors (Lipinski definition) is 3. The first-order chi connectivity index (χ1) is 11.6. The third-order valence-electron chi connectivity index (χ3n) is 3.50. The molecule has 2 aromatic carbocycles. The number of carbonyl (C=O) groups excluding carboxylic acids is 1. The molecule has 0 bridgehead atoms. The summed E-state index contributed by atoms with van der Waals surface area (Å²) in [6.45, 7) is 4.70. The molecule has 5 heteroatoms. The number of aryl methyl sites for hydroxylation is 1. The minimum absolute atomic E-state index is 0.315. The summed E-state index contributed by atoms with van der Waals surface area (Å²) in [6, 6.07) is 15.2. The number of nitrogens with one attached hydrogen (secondary N) is 1. The number of hydrogen-bond donors (Lipinski definition) is 2. The predicted octanol–water partition coefficient (Wildman–Crippen LogP) is 3.35. The van der Waals surface area contributed by atoms with Crippen LogP contribution in [0.3, 0.4) is 0 Å². The van der Waals surface area contributed by atoms with Gasteiger partial charge >= 0.3 is 5.97 Å². The summed E-state index contributed by atoms with van der Waals surface area (Å²) in [5.41, 5.74) is 9.59. The van der Waals surface area contributed by atoms with E-state index >= 15 is 0 Å². The third-order valence-corrected chi connectivity index (χ3v) is 3.50. The van der Waals surface area contributed by atoms with E-state index in [4.69, 9.17) is 10.5 Å². The van der Waals surface area contributed by atoms with Gasteiger partial charge in [-0.25, -0.2) is 9.79 Å². The molecule has 2 rings (SSSR count). The first-order valence-corrected chi connectivity index (χ1v) is 8.04. The number of esters is 1. The average Bonchev–Trinajstić information content (AvgIpc) is 2.61. The molecule has 0 aliphatic carbocycles. The van der Waals surface area contributed by atoms with Crippen molar-refractivity contribution in [1.29, 1.82) is 0 Å². The molecule has 2 aromatic rings. The Hall–Kier alpha value is -2.82. The van der Waals surface area contributed by atoms with Gasteiger partial charge < -0.3 is 15.8 Å². The van der Waals surface area contributed by atoms with Crippen LogP contribution in [-0.4, -0.2) is 18.5 Å². The molecular formula is C19H23N3O2. The monoisotopic (exact) mass is 325 g/mol. The van der Waals surface area contributed by atoms with Crippen molar-refractivity contribution in [2.24, 2.45) is 10.7 Å². The average molecular weight is 325 g/mol. The lowest BCUT2D eigenvalue weighted by Gasteiger charge is -2.07. The van der Waals surface area contributed by atoms with Crippen LogP contribution in [0.25, 0.3) is 0 Å². The van der Waals surface area contributed by atoms with Gasteiger partial charge in [0, 0.05) is 5.69 Å². The van der Waals surface area contributed by atoms with E-state index < -0.39 is 0 Å². The standard InChI is InChI=1S/C19H23N3O2/c1-3-14-6-5-7-17(12-14)22-19(20)21-13-15-8-10-16(11-9-15)18(23)24-4-2/h5-12H,3-4,13H2,1-2H3,(H3,20,21,22). The second-order valence-corrected chi connectivity index (χ2v) is 5.30. The van der Waals surface area contributed by atoms with Crippen LogP contribution in [0.2, 0.25) is 0 Å². The van der Waals surface area contributed by atoms with Gasteiger partial charge in [0.2, 0.25) is 0 Å². The van der Waals surface area contributed by atoms with Gasteiger partial charge in [0.05, 0.1) is 18.7 Å².